The number of guanidine groups is 1. The van der Waals surface area contributed by atoms with Gasteiger partial charge in [-0.05, 0) is 40.5 Å². The van der Waals surface area contributed by atoms with Gasteiger partial charge in [-0.15, -0.1) is 0 Å². The van der Waals surface area contributed by atoms with Crippen LogP contribution in [0.4, 0.5) is 0 Å². The molecule has 5 heteroatoms. The molecule has 1 aliphatic heterocycles. The maximum absolute atomic E-state index is 11.9. The lowest BCUT2D eigenvalue weighted by molar-refractivity contribution is -0.128. The Bertz CT molecular complexity index is 301. The third kappa shape index (κ3) is 5.38. The first-order valence-electron chi connectivity index (χ1n) is 6.76. The van der Waals surface area contributed by atoms with E-state index in [-0.39, 0.29) is 18.0 Å². The second-order valence-corrected chi connectivity index (χ2v) is 5.66. The van der Waals surface area contributed by atoms with Gasteiger partial charge in [-0.3, -0.25) is 4.79 Å². The summed E-state index contributed by atoms with van der Waals surface area (Å²) in [7, 11) is 0. The number of amides is 1. The number of carbonyl (C=O) groups is 1. The fourth-order valence-electron chi connectivity index (χ4n) is 1.88. The van der Waals surface area contributed by atoms with Crippen LogP contribution in [0.1, 0.15) is 40.5 Å². The van der Waals surface area contributed by atoms with Gasteiger partial charge in [0.05, 0.1) is 0 Å². The van der Waals surface area contributed by atoms with E-state index in [1.165, 1.54) is 0 Å². The molecule has 0 aromatic heterocycles. The Morgan fingerprint density at radius 2 is 1.89 bits per heavy atom. The van der Waals surface area contributed by atoms with Gasteiger partial charge in [-0.1, -0.05) is 0 Å². The van der Waals surface area contributed by atoms with Gasteiger partial charge < -0.3 is 15.5 Å². The monoisotopic (exact) mass is 254 g/mol. The van der Waals surface area contributed by atoms with Gasteiger partial charge in [0.25, 0.3) is 0 Å². The Morgan fingerprint density at radius 1 is 1.28 bits per heavy atom. The summed E-state index contributed by atoms with van der Waals surface area (Å²) < 4.78 is 0. The molecule has 0 unspecified atom stereocenters. The van der Waals surface area contributed by atoms with Crippen LogP contribution in [0, 0.1) is 0 Å². The Hall–Kier alpha value is -1.26. The van der Waals surface area contributed by atoms with Crippen LogP contribution in [0.3, 0.4) is 0 Å². The lowest BCUT2D eigenvalue weighted by Gasteiger charge is -2.24. The maximum Gasteiger partial charge on any atom is 0.244 e. The smallest absolute Gasteiger partial charge is 0.244 e. The Kier molecular flexibility index (Phi) is 5.44. The Morgan fingerprint density at radius 3 is 2.39 bits per heavy atom. The van der Waals surface area contributed by atoms with E-state index in [9.17, 15) is 4.79 Å². The molecule has 1 rings (SSSR count). The van der Waals surface area contributed by atoms with Crippen LogP contribution < -0.4 is 10.6 Å². The predicted molar refractivity (Wildman–Crippen MR) is 74.7 cm³/mol. The second-order valence-electron chi connectivity index (χ2n) is 5.66. The molecule has 0 saturated carbocycles. The van der Waals surface area contributed by atoms with Crippen molar-refractivity contribution in [2.75, 3.05) is 26.2 Å². The SMILES string of the molecule is CCNC(=NCC(=O)N1CCCC1)NC(C)(C)C. The molecule has 0 aromatic rings. The molecule has 0 bridgehead atoms. The standard InChI is InChI=1S/C13H26N4O/c1-5-14-12(16-13(2,3)4)15-10-11(18)17-8-6-7-9-17/h5-10H2,1-4H3,(H2,14,15,16). The zero-order chi connectivity index (χ0) is 13.6. The van der Waals surface area contributed by atoms with Gasteiger partial charge in [0.15, 0.2) is 5.96 Å². The molecule has 0 aliphatic carbocycles. The second kappa shape index (κ2) is 6.61. The van der Waals surface area contributed by atoms with Crippen LogP contribution in [0.2, 0.25) is 0 Å². The van der Waals surface area contributed by atoms with Crippen molar-refractivity contribution in [2.24, 2.45) is 4.99 Å². The van der Waals surface area contributed by atoms with Crippen LogP contribution in [-0.4, -0.2) is 48.5 Å². The molecule has 0 radical (unpaired) electrons. The van der Waals surface area contributed by atoms with Crippen LogP contribution in [0.15, 0.2) is 4.99 Å². The zero-order valence-corrected chi connectivity index (χ0v) is 12.0. The first-order chi connectivity index (χ1) is 8.42. The molecule has 0 spiro atoms. The van der Waals surface area contributed by atoms with Crippen molar-refractivity contribution in [2.45, 2.75) is 46.1 Å². The van der Waals surface area contributed by atoms with Crippen molar-refractivity contribution in [1.82, 2.24) is 15.5 Å². The van der Waals surface area contributed by atoms with E-state index >= 15 is 0 Å². The molecule has 104 valence electrons. The number of likely N-dealkylation sites (tertiary alicyclic amines) is 1. The molecule has 0 aromatic carbocycles. The Balaban J connectivity index is 2.50. The number of rotatable bonds is 3. The average molecular weight is 254 g/mol. The third-order valence-corrected chi connectivity index (χ3v) is 2.67. The number of hydrogen-bond acceptors (Lipinski definition) is 2. The van der Waals surface area contributed by atoms with Crippen LogP contribution in [-0.2, 0) is 4.79 Å². The van der Waals surface area contributed by atoms with Gasteiger partial charge >= 0.3 is 0 Å². The minimum Gasteiger partial charge on any atom is -0.357 e. The first kappa shape index (κ1) is 14.8. The van der Waals surface area contributed by atoms with E-state index in [4.69, 9.17) is 0 Å². The van der Waals surface area contributed by atoms with Gasteiger partial charge in [-0.2, -0.15) is 0 Å². The van der Waals surface area contributed by atoms with Crippen LogP contribution in [0.25, 0.3) is 0 Å². The fourth-order valence-corrected chi connectivity index (χ4v) is 1.88. The molecular weight excluding hydrogens is 228 g/mol. The number of nitrogens with zero attached hydrogens (tertiary/aromatic N) is 2. The number of nitrogens with one attached hydrogen (secondary N) is 2. The predicted octanol–water partition coefficient (Wildman–Crippen LogP) is 0.962. The summed E-state index contributed by atoms with van der Waals surface area (Å²) in [4.78, 5) is 18.1. The summed E-state index contributed by atoms with van der Waals surface area (Å²) in [6.07, 6.45) is 2.24. The van der Waals surface area contributed by atoms with E-state index in [1.54, 1.807) is 0 Å². The normalized spacial score (nSPS) is 16.9. The van der Waals surface area contributed by atoms with E-state index < -0.39 is 0 Å². The van der Waals surface area contributed by atoms with Crippen molar-refractivity contribution >= 4 is 11.9 Å². The average Bonchev–Trinajstić information content (AvgIpc) is 2.77. The Labute approximate surface area is 110 Å². The van der Waals surface area contributed by atoms with E-state index in [1.807, 2.05) is 11.8 Å². The summed E-state index contributed by atoms with van der Waals surface area (Å²) in [5.41, 5.74) is -0.0578. The summed E-state index contributed by atoms with van der Waals surface area (Å²) in [5, 5.41) is 6.42. The molecule has 0 atom stereocenters. The van der Waals surface area contributed by atoms with Crippen LogP contribution >= 0.6 is 0 Å². The van der Waals surface area contributed by atoms with Gasteiger partial charge in [0, 0.05) is 25.2 Å². The number of aliphatic imine (C=N–C) groups is 1. The number of carbonyl (C=O) groups excluding carboxylic acids is 1. The molecule has 1 heterocycles. The van der Waals surface area contributed by atoms with E-state index in [0.717, 1.165) is 32.5 Å². The first-order valence-corrected chi connectivity index (χ1v) is 6.76. The highest BCUT2D eigenvalue weighted by Crippen LogP contribution is 2.07. The summed E-state index contributed by atoms with van der Waals surface area (Å²) in [6, 6.07) is 0. The van der Waals surface area contributed by atoms with Crippen LogP contribution in [0.5, 0.6) is 0 Å². The third-order valence-electron chi connectivity index (χ3n) is 2.67. The summed E-state index contributed by atoms with van der Waals surface area (Å²) in [6.45, 7) is 11.0. The van der Waals surface area contributed by atoms with Gasteiger partial charge in [0.2, 0.25) is 5.91 Å². The minimum absolute atomic E-state index is 0.0578. The lowest BCUT2D eigenvalue weighted by atomic mass is 10.1. The quantitative estimate of drug-likeness (QED) is 0.583. The van der Waals surface area contributed by atoms with Crippen molar-refractivity contribution in [1.29, 1.82) is 0 Å². The summed E-state index contributed by atoms with van der Waals surface area (Å²) >= 11 is 0. The fraction of sp³-hybridized carbons (Fsp3) is 0.846. The molecule has 1 aliphatic rings. The maximum atomic E-state index is 11.9. The molecule has 1 amide bonds. The van der Waals surface area contributed by atoms with E-state index in [2.05, 4.69) is 36.4 Å². The van der Waals surface area contributed by atoms with Crippen molar-refractivity contribution < 1.29 is 4.79 Å². The van der Waals surface area contributed by atoms with Gasteiger partial charge in [-0.25, -0.2) is 4.99 Å². The minimum atomic E-state index is -0.0578. The highest BCUT2D eigenvalue weighted by Gasteiger charge is 2.18. The topological polar surface area (TPSA) is 56.7 Å². The lowest BCUT2D eigenvalue weighted by Crippen LogP contribution is -2.48. The largest absolute Gasteiger partial charge is 0.357 e. The van der Waals surface area contributed by atoms with Crippen molar-refractivity contribution in [3.8, 4) is 0 Å². The zero-order valence-electron chi connectivity index (χ0n) is 12.0. The number of hydrogen-bond donors (Lipinski definition) is 2. The molecular formula is C13H26N4O. The molecule has 1 saturated heterocycles. The van der Waals surface area contributed by atoms with Crippen molar-refractivity contribution in [3.05, 3.63) is 0 Å². The summed E-state index contributed by atoms with van der Waals surface area (Å²) in [5.74, 6) is 0.830. The molecule has 2 N–H and O–H groups in total. The highest BCUT2D eigenvalue weighted by atomic mass is 16.2. The molecule has 1 fully saturated rings. The van der Waals surface area contributed by atoms with E-state index in [0.29, 0.717) is 5.96 Å². The highest BCUT2D eigenvalue weighted by molar-refractivity contribution is 5.85. The van der Waals surface area contributed by atoms with Crippen molar-refractivity contribution in [3.63, 3.8) is 0 Å². The van der Waals surface area contributed by atoms with Gasteiger partial charge in [0.1, 0.15) is 6.54 Å². The molecule has 18 heavy (non-hydrogen) atoms. The molecule has 5 nitrogen and oxygen atoms in total.